The average Bonchev–Trinajstić information content (AvgIpc) is 2.44. The van der Waals surface area contributed by atoms with Gasteiger partial charge in [0.2, 0.25) is 5.91 Å². The molecule has 0 aliphatic rings. The van der Waals surface area contributed by atoms with Crippen LogP contribution in [0.5, 0.6) is 0 Å². The van der Waals surface area contributed by atoms with Crippen LogP contribution in [0.4, 0.5) is 5.69 Å². The number of aliphatic carboxylic acids is 1. The molecule has 0 aliphatic carbocycles. The molecule has 7 nitrogen and oxygen atoms in total. The second-order valence-electron chi connectivity index (χ2n) is 4.94. The maximum atomic E-state index is 11.9. The van der Waals surface area contributed by atoms with Gasteiger partial charge in [-0.1, -0.05) is 0 Å². The second kappa shape index (κ2) is 6.17. The number of benzene rings is 1. The molecule has 0 heterocycles. The molecule has 1 N–H and O–H groups in total. The fourth-order valence-electron chi connectivity index (χ4n) is 1.41. The molecule has 21 heavy (non-hydrogen) atoms. The van der Waals surface area contributed by atoms with Gasteiger partial charge in [-0.15, -0.1) is 0 Å². The summed E-state index contributed by atoms with van der Waals surface area (Å²) in [4.78, 5) is 34.1. The van der Waals surface area contributed by atoms with Gasteiger partial charge in [0, 0.05) is 25.3 Å². The third-order valence-corrected chi connectivity index (χ3v) is 3.21. The quantitative estimate of drug-likeness (QED) is 0.507. The van der Waals surface area contributed by atoms with E-state index < -0.39 is 22.3 Å². The Bertz CT molecular complexity index is 590. The largest absolute Gasteiger partial charge is 0.480 e. The molecule has 0 saturated heterocycles. The van der Waals surface area contributed by atoms with Crippen LogP contribution in [0.2, 0.25) is 0 Å². The molecule has 0 aromatic heterocycles. The lowest BCUT2D eigenvalue weighted by Crippen LogP contribution is -2.50. The van der Waals surface area contributed by atoms with E-state index in [9.17, 15) is 19.7 Å². The molecule has 0 radical (unpaired) electrons. The summed E-state index contributed by atoms with van der Waals surface area (Å²) in [5.41, 5.74) is -0.755. The van der Waals surface area contributed by atoms with Crippen LogP contribution in [0.15, 0.2) is 30.3 Å². The Morgan fingerprint density at radius 1 is 1.29 bits per heavy atom. The van der Waals surface area contributed by atoms with Crippen LogP contribution in [0.3, 0.4) is 0 Å². The van der Waals surface area contributed by atoms with Crippen molar-refractivity contribution < 1.29 is 19.6 Å². The van der Waals surface area contributed by atoms with E-state index in [1.807, 2.05) is 0 Å². The number of hydrogen-bond acceptors (Lipinski definition) is 4. The monoisotopic (exact) mass is 292 g/mol. The van der Waals surface area contributed by atoms with Gasteiger partial charge in [0.25, 0.3) is 5.69 Å². The number of rotatable bonds is 5. The first kappa shape index (κ1) is 16.4. The summed E-state index contributed by atoms with van der Waals surface area (Å²) in [5, 5.41) is 19.6. The maximum Gasteiger partial charge on any atom is 0.329 e. The van der Waals surface area contributed by atoms with Gasteiger partial charge in [0.15, 0.2) is 0 Å². The van der Waals surface area contributed by atoms with E-state index in [0.717, 1.165) is 4.90 Å². The molecule has 1 aromatic carbocycles. The Morgan fingerprint density at radius 3 is 2.24 bits per heavy atom. The third-order valence-electron chi connectivity index (χ3n) is 3.21. The first-order valence-electron chi connectivity index (χ1n) is 6.10. The number of carboxylic acid groups (broad SMARTS) is 1. The SMILES string of the molecule is CN(C(=O)C=Cc1ccc([N+](=O)[O-])cc1)C(C)(C)C(=O)O. The van der Waals surface area contributed by atoms with E-state index in [4.69, 9.17) is 5.11 Å². The fraction of sp³-hybridized carbons (Fsp3) is 0.286. The number of non-ortho nitro benzene ring substituents is 1. The molecule has 0 unspecified atom stereocenters. The van der Waals surface area contributed by atoms with Gasteiger partial charge in [-0.2, -0.15) is 0 Å². The Kier molecular flexibility index (Phi) is 4.80. The van der Waals surface area contributed by atoms with Crippen molar-refractivity contribution in [1.82, 2.24) is 4.90 Å². The van der Waals surface area contributed by atoms with Crippen LogP contribution in [0.25, 0.3) is 6.08 Å². The van der Waals surface area contributed by atoms with Crippen molar-refractivity contribution >= 4 is 23.6 Å². The summed E-state index contributed by atoms with van der Waals surface area (Å²) in [6, 6.07) is 5.67. The zero-order valence-corrected chi connectivity index (χ0v) is 11.9. The smallest absolute Gasteiger partial charge is 0.329 e. The topological polar surface area (TPSA) is 101 Å². The highest BCUT2D eigenvalue weighted by atomic mass is 16.6. The zero-order valence-electron chi connectivity index (χ0n) is 11.9. The van der Waals surface area contributed by atoms with E-state index >= 15 is 0 Å². The Morgan fingerprint density at radius 2 is 1.81 bits per heavy atom. The summed E-state index contributed by atoms with van der Waals surface area (Å²) in [6.07, 6.45) is 2.70. The van der Waals surface area contributed by atoms with E-state index in [-0.39, 0.29) is 5.69 Å². The normalized spacial score (nSPS) is 11.4. The first-order valence-corrected chi connectivity index (χ1v) is 6.10. The molecule has 1 rings (SSSR count). The molecule has 0 spiro atoms. The number of carbonyl (C=O) groups excluding carboxylic acids is 1. The van der Waals surface area contributed by atoms with Crippen molar-refractivity contribution in [1.29, 1.82) is 0 Å². The van der Waals surface area contributed by atoms with Crippen molar-refractivity contribution in [2.75, 3.05) is 7.05 Å². The molecule has 1 aromatic rings. The molecule has 0 atom stereocenters. The standard InChI is InChI=1S/C14H16N2O5/c1-14(2,13(18)19)15(3)12(17)9-6-10-4-7-11(8-5-10)16(20)21/h4-9H,1-3H3,(H,18,19). The predicted octanol–water partition coefficient (Wildman–Crippen LogP) is 1.93. The lowest BCUT2D eigenvalue weighted by atomic mass is 10.0. The minimum absolute atomic E-state index is 0.0393. The molecule has 0 aliphatic heterocycles. The predicted molar refractivity (Wildman–Crippen MR) is 76.6 cm³/mol. The van der Waals surface area contributed by atoms with Gasteiger partial charge in [-0.25, -0.2) is 4.79 Å². The Balaban J connectivity index is 2.83. The van der Waals surface area contributed by atoms with Gasteiger partial charge in [-0.3, -0.25) is 14.9 Å². The highest BCUT2D eigenvalue weighted by molar-refractivity contribution is 5.95. The van der Waals surface area contributed by atoms with Crippen LogP contribution in [-0.4, -0.2) is 39.4 Å². The van der Waals surface area contributed by atoms with Crippen molar-refractivity contribution in [2.24, 2.45) is 0 Å². The van der Waals surface area contributed by atoms with Gasteiger partial charge in [-0.05, 0) is 37.6 Å². The van der Waals surface area contributed by atoms with Crippen LogP contribution in [-0.2, 0) is 9.59 Å². The fourth-order valence-corrected chi connectivity index (χ4v) is 1.41. The molecule has 112 valence electrons. The van der Waals surface area contributed by atoms with Crippen LogP contribution < -0.4 is 0 Å². The highest BCUT2D eigenvalue weighted by Gasteiger charge is 2.34. The lowest BCUT2D eigenvalue weighted by molar-refractivity contribution is -0.384. The molecule has 0 saturated carbocycles. The minimum atomic E-state index is -1.32. The number of amides is 1. The number of nitrogens with zero attached hydrogens (tertiary/aromatic N) is 2. The van der Waals surface area contributed by atoms with Crippen LogP contribution >= 0.6 is 0 Å². The highest BCUT2D eigenvalue weighted by Crippen LogP contribution is 2.15. The summed E-state index contributed by atoms with van der Waals surface area (Å²) in [7, 11) is 1.40. The minimum Gasteiger partial charge on any atom is -0.480 e. The number of carbonyl (C=O) groups is 2. The van der Waals surface area contributed by atoms with Crippen molar-refractivity contribution in [3.05, 3.63) is 46.0 Å². The van der Waals surface area contributed by atoms with Crippen molar-refractivity contribution in [2.45, 2.75) is 19.4 Å². The molecule has 1 amide bonds. The molecule has 7 heteroatoms. The summed E-state index contributed by atoms with van der Waals surface area (Å²) >= 11 is 0. The van der Waals surface area contributed by atoms with Crippen LogP contribution in [0.1, 0.15) is 19.4 Å². The van der Waals surface area contributed by atoms with E-state index in [1.54, 1.807) is 0 Å². The molecular formula is C14H16N2O5. The molecule has 0 fully saturated rings. The third kappa shape index (κ3) is 3.88. The average molecular weight is 292 g/mol. The first-order chi connectivity index (χ1) is 9.66. The molecule has 0 bridgehead atoms. The van der Waals surface area contributed by atoms with Gasteiger partial charge in [0.1, 0.15) is 5.54 Å². The summed E-state index contributed by atoms with van der Waals surface area (Å²) in [5.74, 6) is -1.58. The van der Waals surface area contributed by atoms with E-state index in [0.29, 0.717) is 5.56 Å². The second-order valence-corrected chi connectivity index (χ2v) is 4.94. The number of nitro groups is 1. The van der Waals surface area contributed by atoms with Gasteiger partial charge in [0.05, 0.1) is 4.92 Å². The van der Waals surface area contributed by atoms with Crippen molar-refractivity contribution in [3.8, 4) is 0 Å². The Hall–Kier alpha value is -2.70. The number of carboxylic acids is 1. The number of hydrogen-bond donors (Lipinski definition) is 1. The zero-order chi connectivity index (χ0) is 16.2. The number of likely N-dealkylation sites (N-methyl/N-ethyl adjacent to an activating group) is 1. The number of nitro benzene ring substituents is 1. The summed E-state index contributed by atoms with van der Waals surface area (Å²) in [6.45, 7) is 2.85. The van der Waals surface area contributed by atoms with E-state index in [1.165, 1.54) is 57.3 Å². The molecular weight excluding hydrogens is 276 g/mol. The van der Waals surface area contributed by atoms with Gasteiger partial charge >= 0.3 is 5.97 Å². The van der Waals surface area contributed by atoms with Crippen molar-refractivity contribution in [3.63, 3.8) is 0 Å². The van der Waals surface area contributed by atoms with E-state index in [2.05, 4.69) is 0 Å². The van der Waals surface area contributed by atoms with Gasteiger partial charge < -0.3 is 10.0 Å². The maximum absolute atomic E-state index is 11.9. The lowest BCUT2D eigenvalue weighted by Gasteiger charge is -2.30. The van der Waals surface area contributed by atoms with Crippen LogP contribution in [0, 0.1) is 10.1 Å². The Labute approximate surface area is 121 Å². The summed E-state index contributed by atoms with van der Waals surface area (Å²) < 4.78 is 0.